The summed E-state index contributed by atoms with van der Waals surface area (Å²) in [6.45, 7) is 3.93. The summed E-state index contributed by atoms with van der Waals surface area (Å²) < 4.78 is 1.92. The van der Waals surface area contributed by atoms with Crippen molar-refractivity contribution in [1.82, 2.24) is 14.5 Å². The van der Waals surface area contributed by atoms with Crippen LogP contribution in [0.2, 0.25) is 0 Å². The fourth-order valence-corrected chi connectivity index (χ4v) is 3.85. The van der Waals surface area contributed by atoms with Crippen molar-refractivity contribution in [2.24, 2.45) is 0 Å². The van der Waals surface area contributed by atoms with Crippen LogP contribution < -0.4 is 11.1 Å². The van der Waals surface area contributed by atoms with Crippen LogP contribution in [0.25, 0.3) is 5.69 Å². The summed E-state index contributed by atoms with van der Waals surface area (Å²) in [7, 11) is 0. The first-order chi connectivity index (χ1) is 13.5. The summed E-state index contributed by atoms with van der Waals surface area (Å²) in [5.41, 5.74) is 10.6. The molecule has 0 spiro atoms. The molecule has 7 heteroatoms. The van der Waals surface area contributed by atoms with Gasteiger partial charge in [0.1, 0.15) is 10.7 Å². The predicted molar refractivity (Wildman–Crippen MR) is 113 cm³/mol. The number of aromatic nitrogens is 3. The van der Waals surface area contributed by atoms with Gasteiger partial charge in [0, 0.05) is 29.3 Å². The number of carbonyl (C=O) groups excluding carboxylic acids is 1. The van der Waals surface area contributed by atoms with E-state index in [9.17, 15) is 4.79 Å². The first kappa shape index (κ1) is 17.9. The number of nitrogens with two attached hydrogens (primary N) is 1. The number of nitrogens with zero attached hydrogens (tertiary/aromatic N) is 3. The maximum atomic E-state index is 12.9. The van der Waals surface area contributed by atoms with Gasteiger partial charge in [-0.15, -0.1) is 0 Å². The van der Waals surface area contributed by atoms with E-state index in [2.05, 4.69) is 15.3 Å². The summed E-state index contributed by atoms with van der Waals surface area (Å²) in [4.78, 5) is 21.7. The fraction of sp³-hybridized carbons (Fsp3) is 0.0952. The largest absolute Gasteiger partial charge is 0.382 e. The van der Waals surface area contributed by atoms with E-state index in [0.29, 0.717) is 15.6 Å². The molecule has 4 aromatic rings. The summed E-state index contributed by atoms with van der Waals surface area (Å²) >= 11 is 1.26. The maximum absolute atomic E-state index is 12.9. The van der Waals surface area contributed by atoms with Crippen molar-refractivity contribution in [3.8, 4) is 5.69 Å². The smallest absolute Gasteiger partial charge is 0.207 e. The maximum Gasteiger partial charge on any atom is 0.207 e. The highest BCUT2D eigenvalue weighted by Gasteiger charge is 2.19. The normalized spacial score (nSPS) is 10.8. The molecule has 0 amide bonds. The lowest BCUT2D eigenvalue weighted by Crippen LogP contribution is -2.04. The van der Waals surface area contributed by atoms with Crippen LogP contribution in [0, 0.1) is 13.8 Å². The van der Waals surface area contributed by atoms with E-state index in [4.69, 9.17) is 5.73 Å². The number of benzene rings is 2. The monoisotopic (exact) mass is 389 g/mol. The van der Waals surface area contributed by atoms with Crippen LogP contribution >= 0.6 is 11.3 Å². The quantitative estimate of drug-likeness (QED) is 0.491. The highest BCUT2D eigenvalue weighted by Crippen LogP contribution is 2.30. The van der Waals surface area contributed by atoms with Gasteiger partial charge in [0.05, 0.1) is 6.33 Å². The molecule has 28 heavy (non-hydrogen) atoms. The Morgan fingerprint density at radius 1 is 1.14 bits per heavy atom. The third kappa shape index (κ3) is 3.52. The van der Waals surface area contributed by atoms with E-state index in [-0.39, 0.29) is 11.6 Å². The summed E-state index contributed by atoms with van der Waals surface area (Å²) in [6.07, 6.45) is 5.36. The van der Waals surface area contributed by atoms with Crippen molar-refractivity contribution in [2.45, 2.75) is 13.8 Å². The Morgan fingerprint density at radius 3 is 2.61 bits per heavy atom. The van der Waals surface area contributed by atoms with Gasteiger partial charge >= 0.3 is 0 Å². The Bertz CT molecular complexity index is 1130. The third-order valence-corrected chi connectivity index (χ3v) is 5.39. The van der Waals surface area contributed by atoms with Gasteiger partial charge in [0.2, 0.25) is 5.78 Å². The lowest BCUT2D eigenvalue weighted by atomic mass is 10.0. The van der Waals surface area contributed by atoms with Crippen molar-refractivity contribution >= 4 is 33.8 Å². The van der Waals surface area contributed by atoms with Crippen molar-refractivity contribution in [1.29, 1.82) is 0 Å². The Hall–Kier alpha value is -3.45. The number of carbonyl (C=O) groups is 1. The molecule has 2 aromatic heterocycles. The summed E-state index contributed by atoms with van der Waals surface area (Å²) in [6, 6.07) is 13.6. The molecule has 4 rings (SSSR count). The van der Waals surface area contributed by atoms with Gasteiger partial charge < -0.3 is 15.6 Å². The molecule has 0 radical (unpaired) electrons. The minimum atomic E-state index is -0.101. The molecule has 0 aliphatic rings. The number of nitrogen functional groups attached to an aromatic ring is 1. The molecule has 0 aliphatic carbocycles. The number of rotatable bonds is 5. The molecule has 6 nitrogen and oxygen atoms in total. The molecule has 140 valence electrons. The van der Waals surface area contributed by atoms with Crippen LogP contribution in [0.1, 0.15) is 26.4 Å². The molecule has 0 saturated heterocycles. The average Bonchev–Trinajstić information content (AvgIpc) is 3.32. The number of ketones is 1. The van der Waals surface area contributed by atoms with Crippen LogP contribution in [0.4, 0.5) is 16.6 Å². The van der Waals surface area contributed by atoms with Crippen LogP contribution in [0.3, 0.4) is 0 Å². The standard InChI is InChI=1S/C21H19N5OS/c1-13-3-8-17(14(2)11-13)18(27)19-20(22)25-21(28-19)24-15-4-6-16(7-5-15)26-10-9-23-12-26/h3-12H,22H2,1-2H3,(H,24,25). The molecule has 0 unspecified atom stereocenters. The van der Waals surface area contributed by atoms with Gasteiger partial charge in [-0.1, -0.05) is 35.1 Å². The zero-order valence-corrected chi connectivity index (χ0v) is 16.3. The van der Waals surface area contributed by atoms with Crippen LogP contribution in [0.5, 0.6) is 0 Å². The Balaban J connectivity index is 1.55. The summed E-state index contributed by atoms with van der Waals surface area (Å²) in [5, 5.41) is 3.80. The van der Waals surface area contributed by atoms with Crippen molar-refractivity contribution in [2.75, 3.05) is 11.1 Å². The van der Waals surface area contributed by atoms with Gasteiger partial charge in [-0.3, -0.25) is 4.79 Å². The molecule has 2 aromatic carbocycles. The number of anilines is 3. The van der Waals surface area contributed by atoms with Crippen LogP contribution in [-0.2, 0) is 0 Å². The van der Waals surface area contributed by atoms with Crippen molar-refractivity contribution < 1.29 is 4.79 Å². The van der Waals surface area contributed by atoms with E-state index in [0.717, 1.165) is 22.5 Å². The lowest BCUT2D eigenvalue weighted by Gasteiger charge is -2.05. The molecular formula is C21H19N5OS. The fourth-order valence-electron chi connectivity index (χ4n) is 2.99. The minimum absolute atomic E-state index is 0.101. The minimum Gasteiger partial charge on any atom is -0.382 e. The topological polar surface area (TPSA) is 85.8 Å². The van der Waals surface area contributed by atoms with Gasteiger partial charge in [-0.25, -0.2) is 9.97 Å². The second-order valence-corrected chi connectivity index (χ2v) is 7.52. The average molecular weight is 389 g/mol. The molecule has 0 saturated carbocycles. The zero-order valence-electron chi connectivity index (χ0n) is 15.5. The first-order valence-corrected chi connectivity index (χ1v) is 9.56. The molecular weight excluding hydrogens is 370 g/mol. The van der Waals surface area contributed by atoms with Gasteiger partial charge in [-0.05, 0) is 43.7 Å². The van der Waals surface area contributed by atoms with E-state index in [1.807, 2.05) is 67.1 Å². The molecule has 0 fully saturated rings. The third-order valence-electron chi connectivity index (χ3n) is 4.41. The Labute approximate surface area is 166 Å². The van der Waals surface area contributed by atoms with Crippen LogP contribution in [0.15, 0.2) is 61.2 Å². The van der Waals surface area contributed by atoms with Gasteiger partial charge in [-0.2, -0.15) is 0 Å². The SMILES string of the molecule is Cc1ccc(C(=O)c2sc(Nc3ccc(-n4ccnc4)cc3)nc2N)c(C)c1. The van der Waals surface area contributed by atoms with Gasteiger partial charge in [0.15, 0.2) is 5.13 Å². The molecule has 2 heterocycles. The zero-order chi connectivity index (χ0) is 19.7. The van der Waals surface area contributed by atoms with E-state index in [1.165, 1.54) is 11.3 Å². The second kappa shape index (κ2) is 7.28. The molecule has 3 N–H and O–H groups in total. The molecule has 0 aliphatic heterocycles. The number of imidazole rings is 1. The number of hydrogen-bond donors (Lipinski definition) is 2. The highest BCUT2D eigenvalue weighted by atomic mass is 32.1. The number of thiazole rings is 1. The van der Waals surface area contributed by atoms with E-state index in [1.54, 1.807) is 12.5 Å². The van der Waals surface area contributed by atoms with Crippen LogP contribution in [-0.4, -0.2) is 20.3 Å². The lowest BCUT2D eigenvalue weighted by molar-refractivity contribution is 0.104. The molecule has 0 bridgehead atoms. The van der Waals surface area contributed by atoms with Crippen molar-refractivity contribution in [3.63, 3.8) is 0 Å². The number of aryl methyl sites for hydroxylation is 2. The molecule has 0 atom stereocenters. The first-order valence-electron chi connectivity index (χ1n) is 8.75. The number of hydrogen-bond acceptors (Lipinski definition) is 6. The van der Waals surface area contributed by atoms with E-state index < -0.39 is 0 Å². The highest BCUT2D eigenvalue weighted by molar-refractivity contribution is 7.18. The Morgan fingerprint density at radius 2 is 1.93 bits per heavy atom. The summed E-state index contributed by atoms with van der Waals surface area (Å²) in [5.74, 6) is 0.142. The predicted octanol–water partition coefficient (Wildman–Crippen LogP) is 4.50. The second-order valence-electron chi connectivity index (χ2n) is 6.52. The number of nitrogens with one attached hydrogen (secondary N) is 1. The van der Waals surface area contributed by atoms with Gasteiger partial charge in [0.25, 0.3) is 0 Å². The van der Waals surface area contributed by atoms with E-state index >= 15 is 0 Å². The Kier molecular flexibility index (Phi) is 4.67. The van der Waals surface area contributed by atoms with Crippen molar-refractivity contribution in [3.05, 3.63) is 82.8 Å².